The van der Waals surface area contributed by atoms with Crippen LogP contribution >= 0.6 is 0 Å². The van der Waals surface area contributed by atoms with Gasteiger partial charge in [0.2, 0.25) is 0 Å². The molecule has 2 rings (SSSR count). The lowest BCUT2D eigenvalue weighted by atomic mass is 10.3. The summed E-state index contributed by atoms with van der Waals surface area (Å²) in [6, 6.07) is 4.03. The second-order valence-corrected chi connectivity index (χ2v) is 2.89. The highest BCUT2D eigenvalue weighted by atomic mass is 15.3. The molecular weight excluding hydrogens is 150 g/mol. The number of hydrogen-bond donors (Lipinski definition) is 0. The Morgan fingerprint density at radius 3 is 3.00 bits per heavy atom. The molecule has 0 spiro atoms. The quantitative estimate of drug-likeness (QED) is 0.636. The molecule has 0 saturated carbocycles. The second-order valence-electron chi connectivity index (χ2n) is 2.89. The minimum Gasteiger partial charge on any atom is -0.221 e. The van der Waals surface area contributed by atoms with Crippen molar-refractivity contribution in [3.63, 3.8) is 0 Å². The highest BCUT2D eigenvalue weighted by Gasteiger charge is 1.99. The van der Waals surface area contributed by atoms with Gasteiger partial charge in [-0.1, -0.05) is 13.0 Å². The topological polar surface area (TPSA) is 30.2 Å². The summed E-state index contributed by atoms with van der Waals surface area (Å²) in [4.78, 5) is 4.32. The zero-order valence-electron chi connectivity index (χ0n) is 7.28. The van der Waals surface area contributed by atoms with E-state index in [4.69, 9.17) is 0 Å². The predicted molar refractivity (Wildman–Crippen MR) is 47.1 cm³/mol. The Morgan fingerprint density at radius 2 is 2.25 bits per heavy atom. The van der Waals surface area contributed by atoms with Crippen LogP contribution in [0.2, 0.25) is 0 Å². The molecule has 0 aliphatic rings. The zero-order chi connectivity index (χ0) is 8.55. The van der Waals surface area contributed by atoms with Crippen LogP contribution in [-0.2, 0) is 6.42 Å². The van der Waals surface area contributed by atoms with Gasteiger partial charge in [0, 0.05) is 12.6 Å². The maximum absolute atomic E-state index is 4.32. The van der Waals surface area contributed by atoms with Crippen LogP contribution in [0.5, 0.6) is 0 Å². The Kier molecular flexibility index (Phi) is 1.57. The van der Waals surface area contributed by atoms with E-state index in [1.807, 2.05) is 29.8 Å². The SMILES string of the molecule is CCc1nc2ccc(C)cn2n1. The lowest BCUT2D eigenvalue weighted by Crippen LogP contribution is -1.88. The average molecular weight is 161 g/mol. The molecule has 2 heterocycles. The van der Waals surface area contributed by atoms with Crippen molar-refractivity contribution in [2.75, 3.05) is 0 Å². The summed E-state index contributed by atoms with van der Waals surface area (Å²) in [5.74, 6) is 0.903. The molecule has 0 aliphatic heterocycles. The summed E-state index contributed by atoms with van der Waals surface area (Å²) in [6.07, 6.45) is 2.88. The maximum Gasteiger partial charge on any atom is 0.155 e. The van der Waals surface area contributed by atoms with E-state index in [-0.39, 0.29) is 0 Å². The molecule has 0 radical (unpaired) electrons. The van der Waals surface area contributed by atoms with E-state index in [0.717, 1.165) is 17.9 Å². The Labute approximate surface area is 71.1 Å². The molecule has 0 fully saturated rings. The van der Waals surface area contributed by atoms with Crippen LogP contribution in [0.15, 0.2) is 18.3 Å². The summed E-state index contributed by atoms with van der Waals surface area (Å²) in [7, 11) is 0. The molecule has 3 heteroatoms. The van der Waals surface area contributed by atoms with Crippen molar-refractivity contribution in [2.24, 2.45) is 0 Å². The van der Waals surface area contributed by atoms with Crippen LogP contribution in [0.3, 0.4) is 0 Å². The molecule has 0 unspecified atom stereocenters. The van der Waals surface area contributed by atoms with Gasteiger partial charge < -0.3 is 0 Å². The highest BCUT2D eigenvalue weighted by Crippen LogP contribution is 2.03. The molecule has 12 heavy (non-hydrogen) atoms. The molecule has 0 aromatic carbocycles. The van der Waals surface area contributed by atoms with Crippen LogP contribution in [0.1, 0.15) is 18.3 Å². The number of hydrogen-bond acceptors (Lipinski definition) is 2. The van der Waals surface area contributed by atoms with E-state index in [1.165, 1.54) is 5.56 Å². The third-order valence-electron chi connectivity index (χ3n) is 1.84. The largest absolute Gasteiger partial charge is 0.221 e. The Balaban J connectivity index is 2.67. The van der Waals surface area contributed by atoms with E-state index in [2.05, 4.69) is 17.0 Å². The molecule has 2 aromatic rings. The molecule has 0 saturated heterocycles. The Bertz CT molecular complexity index is 403. The summed E-state index contributed by atoms with van der Waals surface area (Å²) in [6.45, 7) is 4.11. The van der Waals surface area contributed by atoms with Crippen molar-refractivity contribution in [2.45, 2.75) is 20.3 Å². The van der Waals surface area contributed by atoms with Gasteiger partial charge in [0.25, 0.3) is 0 Å². The van der Waals surface area contributed by atoms with E-state index < -0.39 is 0 Å². The summed E-state index contributed by atoms with van der Waals surface area (Å²) >= 11 is 0. The van der Waals surface area contributed by atoms with Gasteiger partial charge in [0.15, 0.2) is 11.5 Å². The van der Waals surface area contributed by atoms with Crippen LogP contribution in [0, 0.1) is 6.92 Å². The van der Waals surface area contributed by atoms with Gasteiger partial charge in [-0.25, -0.2) is 9.50 Å². The number of rotatable bonds is 1. The van der Waals surface area contributed by atoms with Gasteiger partial charge >= 0.3 is 0 Å². The van der Waals surface area contributed by atoms with Crippen LogP contribution in [-0.4, -0.2) is 14.6 Å². The van der Waals surface area contributed by atoms with E-state index >= 15 is 0 Å². The van der Waals surface area contributed by atoms with Gasteiger partial charge in [-0.15, -0.1) is 0 Å². The van der Waals surface area contributed by atoms with Gasteiger partial charge in [0.05, 0.1) is 0 Å². The van der Waals surface area contributed by atoms with E-state index in [1.54, 1.807) is 0 Å². The van der Waals surface area contributed by atoms with E-state index in [9.17, 15) is 0 Å². The van der Waals surface area contributed by atoms with Gasteiger partial charge in [-0.05, 0) is 18.6 Å². The summed E-state index contributed by atoms with van der Waals surface area (Å²) in [5, 5.41) is 4.30. The van der Waals surface area contributed by atoms with E-state index in [0.29, 0.717) is 0 Å². The third-order valence-corrected chi connectivity index (χ3v) is 1.84. The fraction of sp³-hybridized carbons (Fsp3) is 0.333. The molecule has 0 N–H and O–H groups in total. The first-order valence-electron chi connectivity index (χ1n) is 4.11. The van der Waals surface area contributed by atoms with Crippen molar-refractivity contribution >= 4 is 5.65 Å². The number of nitrogens with zero attached hydrogens (tertiary/aromatic N) is 3. The van der Waals surface area contributed by atoms with Crippen molar-refractivity contribution in [1.82, 2.24) is 14.6 Å². The normalized spacial score (nSPS) is 10.8. The lowest BCUT2D eigenvalue weighted by molar-refractivity contribution is 0.882. The fourth-order valence-corrected chi connectivity index (χ4v) is 1.18. The average Bonchev–Trinajstić information content (AvgIpc) is 2.46. The zero-order valence-corrected chi connectivity index (χ0v) is 7.28. The lowest BCUT2D eigenvalue weighted by Gasteiger charge is -1.91. The number of fused-ring (bicyclic) bond motifs is 1. The van der Waals surface area contributed by atoms with Crippen LogP contribution < -0.4 is 0 Å². The van der Waals surface area contributed by atoms with Crippen molar-refractivity contribution in [3.05, 3.63) is 29.7 Å². The maximum atomic E-state index is 4.32. The third kappa shape index (κ3) is 1.07. The smallest absolute Gasteiger partial charge is 0.155 e. The number of aryl methyl sites for hydroxylation is 2. The monoisotopic (exact) mass is 161 g/mol. The van der Waals surface area contributed by atoms with Gasteiger partial charge in [0.1, 0.15) is 0 Å². The molecule has 0 bridgehead atoms. The first-order valence-corrected chi connectivity index (χ1v) is 4.11. The molecule has 2 aromatic heterocycles. The minimum atomic E-state index is 0.890. The van der Waals surface area contributed by atoms with Gasteiger partial charge in [-0.3, -0.25) is 0 Å². The molecular formula is C9H11N3. The molecule has 0 amide bonds. The van der Waals surface area contributed by atoms with Crippen molar-refractivity contribution in [1.29, 1.82) is 0 Å². The first-order chi connectivity index (χ1) is 5.79. The van der Waals surface area contributed by atoms with Gasteiger partial charge in [-0.2, -0.15) is 5.10 Å². The number of pyridine rings is 1. The fourth-order valence-electron chi connectivity index (χ4n) is 1.18. The minimum absolute atomic E-state index is 0.890. The molecule has 0 atom stereocenters. The second kappa shape index (κ2) is 2.59. The first kappa shape index (κ1) is 7.28. The standard InChI is InChI=1S/C9H11N3/c1-3-8-10-9-5-4-7(2)6-12(9)11-8/h4-6H,3H2,1-2H3. The number of aromatic nitrogens is 3. The summed E-state index contributed by atoms with van der Waals surface area (Å²) in [5.41, 5.74) is 2.13. The predicted octanol–water partition coefficient (Wildman–Crippen LogP) is 1.60. The van der Waals surface area contributed by atoms with Crippen molar-refractivity contribution in [3.8, 4) is 0 Å². The summed E-state index contributed by atoms with van der Waals surface area (Å²) < 4.78 is 1.83. The molecule has 3 nitrogen and oxygen atoms in total. The molecule has 0 aliphatic carbocycles. The van der Waals surface area contributed by atoms with Crippen LogP contribution in [0.4, 0.5) is 0 Å². The Morgan fingerprint density at radius 1 is 1.42 bits per heavy atom. The van der Waals surface area contributed by atoms with Crippen molar-refractivity contribution < 1.29 is 0 Å². The highest BCUT2D eigenvalue weighted by molar-refractivity contribution is 5.38. The molecule has 62 valence electrons. The van der Waals surface area contributed by atoms with Crippen LogP contribution in [0.25, 0.3) is 5.65 Å². The Hall–Kier alpha value is -1.38.